The average Bonchev–Trinajstić information content (AvgIpc) is 2.44. The van der Waals surface area contributed by atoms with E-state index in [9.17, 15) is 9.00 Å². The SMILES string of the molecule is CCCNc1cc(C)ncc1C(=O)NCCS(=O)CC. The highest BCUT2D eigenvalue weighted by Gasteiger charge is 2.12. The van der Waals surface area contributed by atoms with Gasteiger partial charge in [0.15, 0.2) is 0 Å². The molecule has 6 heteroatoms. The Labute approximate surface area is 123 Å². The molecule has 0 saturated heterocycles. The number of amides is 1. The molecule has 1 aromatic heterocycles. The lowest BCUT2D eigenvalue weighted by molar-refractivity contribution is 0.0956. The number of nitrogens with one attached hydrogen (secondary N) is 2. The van der Waals surface area contributed by atoms with Gasteiger partial charge in [0.1, 0.15) is 0 Å². The van der Waals surface area contributed by atoms with Crippen molar-refractivity contribution < 1.29 is 9.00 Å². The molecule has 20 heavy (non-hydrogen) atoms. The molecular formula is C14H23N3O2S. The van der Waals surface area contributed by atoms with E-state index in [0.29, 0.717) is 23.6 Å². The van der Waals surface area contributed by atoms with Gasteiger partial charge in [-0.1, -0.05) is 13.8 Å². The van der Waals surface area contributed by atoms with E-state index >= 15 is 0 Å². The van der Waals surface area contributed by atoms with Crippen LogP contribution in [0.15, 0.2) is 12.3 Å². The summed E-state index contributed by atoms with van der Waals surface area (Å²) in [5.41, 5.74) is 2.20. The van der Waals surface area contributed by atoms with Gasteiger partial charge >= 0.3 is 0 Å². The predicted octanol–water partition coefficient (Wildman–Crippen LogP) is 1.71. The topological polar surface area (TPSA) is 71.1 Å². The molecule has 0 aromatic carbocycles. The number of pyridine rings is 1. The van der Waals surface area contributed by atoms with Gasteiger partial charge in [-0.15, -0.1) is 0 Å². The first-order chi connectivity index (χ1) is 9.58. The van der Waals surface area contributed by atoms with Crippen LogP contribution in [-0.2, 0) is 10.8 Å². The van der Waals surface area contributed by atoms with E-state index in [4.69, 9.17) is 0 Å². The summed E-state index contributed by atoms with van der Waals surface area (Å²) in [7, 11) is -0.860. The van der Waals surface area contributed by atoms with Gasteiger partial charge in [0.05, 0.1) is 11.3 Å². The summed E-state index contributed by atoms with van der Waals surface area (Å²) in [6.45, 7) is 7.06. The number of aryl methyl sites for hydroxylation is 1. The van der Waals surface area contributed by atoms with E-state index in [2.05, 4.69) is 22.5 Å². The molecule has 1 unspecified atom stereocenters. The lowest BCUT2D eigenvalue weighted by Crippen LogP contribution is -2.29. The lowest BCUT2D eigenvalue weighted by Gasteiger charge is -2.12. The van der Waals surface area contributed by atoms with Crippen LogP contribution in [0.25, 0.3) is 0 Å². The Morgan fingerprint density at radius 3 is 2.75 bits per heavy atom. The van der Waals surface area contributed by atoms with Gasteiger partial charge in [0, 0.05) is 47.3 Å². The minimum atomic E-state index is -0.860. The van der Waals surface area contributed by atoms with Crippen LogP contribution >= 0.6 is 0 Å². The van der Waals surface area contributed by atoms with E-state index in [1.165, 1.54) is 0 Å². The fraction of sp³-hybridized carbons (Fsp3) is 0.571. The maximum absolute atomic E-state index is 12.1. The minimum Gasteiger partial charge on any atom is -0.384 e. The summed E-state index contributed by atoms with van der Waals surface area (Å²) in [5, 5.41) is 6.02. The summed E-state index contributed by atoms with van der Waals surface area (Å²) >= 11 is 0. The molecule has 1 rings (SSSR count). The Bertz CT molecular complexity index is 477. The van der Waals surface area contributed by atoms with Gasteiger partial charge < -0.3 is 10.6 Å². The van der Waals surface area contributed by atoms with Crippen molar-refractivity contribution in [3.8, 4) is 0 Å². The molecule has 5 nitrogen and oxygen atoms in total. The molecule has 2 N–H and O–H groups in total. The first kappa shape index (κ1) is 16.6. The molecule has 1 amide bonds. The number of carbonyl (C=O) groups is 1. The van der Waals surface area contributed by atoms with Crippen molar-refractivity contribution in [2.45, 2.75) is 27.2 Å². The number of carbonyl (C=O) groups excluding carboxylic acids is 1. The monoisotopic (exact) mass is 297 g/mol. The van der Waals surface area contributed by atoms with Crippen LogP contribution in [0.4, 0.5) is 5.69 Å². The molecular weight excluding hydrogens is 274 g/mol. The maximum Gasteiger partial charge on any atom is 0.254 e. The third-order valence-electron chi connectivity index (χ3n) is 2.79. The van der Waals surface area contributed by atoms with Gasteiger partial charge in [-0.2, -0.15) is 0 Å². The fourth-order valence-electron chi connectivity index (χ4n) is 1.66. The van der Waals surface area contributed by atoms with Crippen molar-refractivity contribution >= 4 is 22.4 Å². The molecule has 0 fully saturated rings. The van der Waals surface area contributed by atoms with Crippen LogP contribution in [0.3, 0.4) is 0 Å². The second-order valence-electron chi connectivity index (χ2n) is 4.49. The summed E-state index contributed by atoms with van der Waals surface area (Å²) < 4.78 is 11.3. The van der Waals surface area contributed by atoms with Crippen LogP contribution < -0.4 is 10.6 Å². The van der Waals surface area contributed by atoms with E-state index in [0.717, 1.165) is 24.3 Å². The van der Waals surface area contributed by atoms with Crippen LogP contribution in [0, 0.1) is 6.92 Å². The number of anilines is 1. The van der Waals surface area contributed by atoms with Gasteiger partial charge in [-0.05, 0) is 19.4 Å². The highest BCUT2D eigenvalue weighted by atomic mass is 32.2. The Morgan fingerprint density at radius 1 is 1.35 bits per heavy atom. The van der Waals surface area contributed by atoms with Gasteiger partial charge in [0.2, 0.25) is 0 Å². The van der Waals surface area contributed by atoms with Crippen LogP contribution in [0.1, 0.15) is 36.3 Å². The van der Waals surface area contributed by atoms with E-state index in [1.807, 2.05) is 19.9 Å². The summed E-state index contributed by atoms with van der Waals surface area (Å²) in [4.78, 5) is 16.3. The van der Waals surface area contributed by atoms with Crippen molar-refractivity contribution in [1.82, 2.24) is 10.3 Å². The maximum atomic E-state index is 12.1. The van der Waals surface area contributed by atoms with Gasteiger partial charge in [-0.25, -0.2) is 0 Å². The van der Waals surface area contributed by atoms with Crippen molar-refractivity contribution in [1.29, 1.82) is 0 Å². The number of hydrogen-bond acceptors (Lipinski definition) is 4. The first-order valence-corrected chi connectivity index (χ1v) is 8.41. The van der Waals surface area contributed by atoms with Crippen molar-refractivity contribution in [2.24, 2.45) is 0 Å². The first-order valence-electron chi connectivity index (χ1n) is 6.92. The van der Waals surface area contributed by atoms with Crippen molar-refractivity contribution in [3.05, 3.63) is 23.5 Å². The number of hydrogen-bond donors (Lipinski definition) is 2. The molecule has 112 valence electrons. The fourth-order valence-corrected chi connectivity index (χ4v) is 2.28. The molecule has 0 aliphatic heterocycles. The molecule has 0 aliphatic rings. The molecule has 0 saturated carbocycles. The third-order valence-corrected chi connectivity index (χ3v) is 4.09. The van der Waals surface area contributed by atoms with Crippen molar-refractivity contribution in [2.75, 3.05) is 29.9 Å². The van der Waals surface area contributed by atoms with Crippen LogP contribution in [0.2, 0.25) is 0 Å². The molecule has 1 atom stereocenters. The largest absolute Gasteiger partial charge is 0.384 e. The Morgan fingerprint density at radius 2 is 2.10 bits per heavy atom. The number of nitrogens with zero attached hydrogens (tertiary/aromatic N) is 1. The zero-order valence-electron chi connectivity index (χ0n) is 12.4. The number of aromatic nitrogens is 1. The lowest BCUT2D eigenvalue weighted by atomic mass is 10.2. The zero-order chi connectivity index (χ0) is 15.0. The zero-order valence-corrected chi connectivity index (χ0v) is 13.2. The molecule has 1 heterocycles. The highest BCUT2D eigenvalue weighted by Crippen LogP contribution is 2.15. The Balaban J connectivity index is 2.68. The predicted molar refractivity (Wildman–Crippen MR) is 83.6 cm³/mol. The van der Waals surface area contributed by atoms with Crippen LogP contribution in [-0.4, -0.2) is 39.7 Å². The number of rotatable bonds is 8. The average molecular weight is 297 g/mol. The quantitative estimate of drug-likeness (QED) is 0.766. The van der Waals surface area contributed by atoms with Crippen LogP contribution in [0.5, 0.6) is 0 Å². The molecule has 0 bridgehead atoms. The second-order valence-corrected chi connectivity index (χ2v) is 6.35. The summed E-state index contributed by atoms with van der Waals surface area (Å²) in [6, 6.07) is 1.87. The minimum absolute atomic E-state index is 0.177. The summed E-state index contributed by atoms with van der Waals surface area (Å²) in [5.74, 6) is 0.925. The normalized spacial score (nSPS) is 11.9. The molecule has 0 radical (unpaired) electrons. The van der Waals surface area contributed by atoms with E-state index in [1.54, 1.807) is 6.20 Å². The Kier molecular flexibility index (Phi) is 7.22. The molecule has 0 aliphatic carbocycles. The van der Waals surface area contributed by atoms with Crippen molar-refractivity contribution in [3.63, 3.8) is 0 Å². The smallest absolute Gasteiger partial charge is 0.254 e. The highest BCUT2D eigenvalue weighted by molar-refractivity contribution is 7.84. The van der Waals surface area contributed by atoms with Gasteiger partial charge in [-0.3, -0.25) is 14.0 Å². The van der Waals surface area contributed by atoms with E-state index < -0.39 is 10.8 Å². The standard InChI is InChI=1S/C14H23N3O2S/c1-4-6-15-13-9-11(3)17-10-12(13)14(18)16-7-8-20(19)5-2/h9-10H,4-8H2,1-3H3,(H,15,17)(H,16,18). The second kappa shape index (κ2) is 8.68. The third kappa shape index (κ3) is 5.28. The molecule has 0 spiro atoms. The molecule has 1 aromatic rings. The Hall–Kier alpha value is -1.43. The summed E-state index contributed by atoms with van der Waals surface area (Å²) in [6.07, 6.45) is 2.57. The van der Waals surface area contributed by atoms with E-state index in [-0.39, 0.29) is 5.91 Å². The van der Waals surface area contributed by atoms with Gasteiger partial charge in [0.25, 0.3) is 5.91 Å².